The summed E-state index contributed by atoms with van der Waals surface area (Å²) in [6.07, 6.45) is -0.118. The first-order valence-electron chi connectivity index (χ1n) is 6.73. The van der Waals surface area contributed by atoms with Gasteiger partial charge in [-0.3, -0.25) is 9.59 Å². The Morgan fingerprint density at radius 1 is 1.23 bits per heavy atom. The summed E-state index contributed by atoms with van der Waals surface area (Å²) in [5.41, 5.74) is 0.241. The van der Waals surface area contributed by atoms with Crippen LogP contribution in [0.4, 0.5) is 0 Å². The highest BCUT2D eigenvalue weighted by Gasteiger charge is 2.65. The van der Waals surface area contributed by atoms with Gasteiger partial charge in [-0.1, -0.05) is 6.07 Å². The molecule has 0 saturated heterocycles. The molecule has 1 amide bonds. The number of rotatable bonds is 6. The summed E-state index contributed by atoms with van der Waals surface area (Å²) in [5, 5.41) is 20.2. The van der Waals surface area contributed by atoms with Gasteiger partial charge in [0.1, 0.15) is 5.75 Å². The lowest BCUT2D eigenvalue weighted by molar-refractivity contribution is -0.148. The van der Waals surface area contributed by atoms with E-state index in [4.69, 9.17) is 14.9 Å². The van der Waals surface area contributed by atoms with Gasteiger partial charge in [-0.2, -0.15) is 0 Å². The average Bonchev–Trinajstić information content (AvgIpc) is 3.11. The smallest absolute Gasteiger partial charge is 0.330 e. The molecular weight excluding hydrogens is 290 g/mol. The summed E-state index contributed by atoms with van der Waals surface area (Å²) in [5.74, 6) is -3.85. The summed E-state index contributed by atoms with van der Waals surface area (Å²) in [7, 11) is 0. The molecule has 3 N–H and O–H groups in total. The lowest BCUT2D eigenvalue weighted by Gasteiger charge is -2.14. The number of carbonyl (C=O) groups excluding carboxylic acids is 1. The van der Waals surface area contributed by atoms with Gasteiger partial charge in [0.2, 0.25) is 0 Å². The van der Waals surface area contributed by atoms with Crippen molar-refractivity contribution in [3.05, 3.63) is 29.3 Å². The standard InChI is InChI=1S/C15H17NO6/c1-8-3-9(2)5-10(4-8)22-7-12(17)16-15(14(20)21)6-11(15)13(18)19/h3-5,11H,6-7H2,1-2H3,(H,16,17)(H,18,19)(H,20,21). The van der Waals surface area contributed by atoms with Crippen molar-refractivity contribution in [2.75, 3.05) is 6.61 Å². The number of carbonyl (C=O) groups is 3. The number of aryl methyl sites for hydroxylation is 2. The van der Waals surface area contributed by atoms with E-state index in [-0.39, 0.29) is 13.0 Å². The Bertz CT molecular complexity index is 621. The predicted octanol–water partition coefficient (Wildman–Crippen LogP) is 0.726. The molecule has 1 aromatic carbocycles. The number of benzene rings is 1. The van der Waals surface area contributed by atoms with Crippen molar-refractivity contribution in [2.24, 2.45) is 5.92 Å². The molecule has 7 heteroatoms. The normalized spacial score (nSPS) is 22.7. The van der Waals surface area contributed by atoms with E-state index in [2.05, 4.69) is 5.32 Å². The van der Waals surface area contributed by atoms with E-state index in [9.17, 15) is 14.4 Å². The van der Waals surface area contributed by atoms with Crippen LogP contribution in [0.15, 0.2) is 18.2 Å². The van der Waals surface area contributed by atoms with Crippen LogP contribution in [0.5, 0.6) is 5.75 Å². The van der Waals surface area contributed by atoms with Crippen LogP contribution in [0.1, 0.15) is 17.5 Å². The molecule has 22 heavy (non-hydrogen) atoms. The van der Waals surface area contributed by atoms with E-state index in [0.717, 1.165) is 11.1 Å². The maximum atomic E-state index is 11.8. The van der Waals surface area contributed by atoms with Crippen LogP contribution in [-0.2, 0) is 14.4 Å². The molecule has 0 aliphatic heterocycles. The van der Waals surface area contributed by atoms with E-state index in [0.29, 0.717) is 5.75 Å². The van der Waals surface area contributed by atoms with Gasteiger partial charge < -0.3 is 20.3 Å². The summed E-state index contributed by atoms with van der Waals surface area (Å²) >= 11 is 0. The molecule has 1 saturated carbocycles. The molecule has 0 radical (unpaired) electrons. The van der Waals surface area contributed by atoms with Gasteiger partial charge in [-0.05, 0) is 43.5 Å². The molecule has 1 aliphatic carbocycles. The summed E-state index contributed by atoms with van der Waals surface area (Å²) in [6.45, 7) is 3.41. The van der Waals surface area contributed by atoms with Crippen LogP contribution in [0.2, 0.25) is 0 Å². The van der Waals surface area contributed by atoms with E-state index < -0.39 is 29.3 Å². The van der Waals surface area contributed by atoms with Gasteiger partial charge in [0.05, 0.1) is 5.92 Å². The minimum atomic E-state index is -1.71. The fourth-order valence-electron chi connectivity index (χ4n) is 2.44. The first-order chi connectivity index (χ1) is 10.2. The highest BCUT2D eigenvalue weighted by molar-refractivity contribution is 5.97. The van der Waals surface area contributed by atoms with Crippen LogP contribution in [0, 0.1) is 19.8 Å². The number of nitrogens with one attached hydrogen (secondary N) is 1. The van der Waals surface area contributed by atoms with E-state index >= 15 is 0 Å². The van der Waals surface area contributed by atoms with E-state index in [1.807, 2.05) is 19.9 Å². The summed E-state index contributed by atoms with van der Waals surface area (Å²) in [6, 6.07) is 5.46. The zero-order valence-electron chi connectivity index (χ0n) is 12.3. The third kappa shape index (κ3) is 3.19. The maximum Gasteiger partial charge on any atom is 0.330 e. The molecule has 0 bridgehead atoms. The lowest BCUT2D eigenvalue weighted by atomic mass is 10.1. The predicted molar refractivity (Wildman–Crippen MR) is 75.7 cm³/mol. The molecule has 1 aromatic rings. The second kappa shape index (κ2) is 5.67. The van der Waals surface area contributed by atoms with Crippen LogP contribution in [-0.4, -0.2) is 40.2 Å². The van der Waals surface area contributed by atoms with Crippen molar-refractivity contribution in [3.63, 3.8) is 0 Å². The molecule has 0 spiro atoms. The first-order valence-corrected chi connectivity index (χ1v) is 6.73. The Labute approximate surface area is 126 Å². The van der Waals surface area contributed by atoms with Gasteiger partial charge >= 0.3 is 11.9 Å². The molecule has 0 heterocycles. The number of aliphatic carboxylic acids is 2. The second-order valence-corrected chi connectivity index (χ2v) is 5.53. The van der Waals surface area contributed by atoms with Crippen molar-refractivity contribution in [2.45, 2.75) is 25.8 Å². The van der Waals surface area contributed by atoms with Crippen molar-refractivity contribution < 1.29 is 29.3 Å². The number of amides is 1. The molecule has 118 valence electrons. The summed E-state index contributed by atoms with van der Waals surface area (Å²) in [4.78, 5) is 33.9. The molecule has 2 atom stereocenters. The van der Waals surface area contributed by atoms with Crippen molar-refractivity contribution >= 4 is 17.8 Å². The highest BCUT2D eigenvalue weighted by Crippen LogP contribution is 2.43. The quantitative estimate of drug-likeness (QED) is 0.714. The lowest BCUT2D eigenvalue weighted by Crippen LogP contribution is -2.47. The fourth-order valence-corrected chi connectivity index (χ4v) is 2.44. The zero-order chi connectivity index (χ0) is 16.5. The van der Waals surface area contributed by atoms with Crippen LogP contribution in [0.3, 0.4) is 0 Å². The second-order valence-electron chi connectivity index (χ2n) is 5.53. The van der Waals surface area contributed by atoms with Crippen molar-refractivity contribution in [1.82, 2.24) is 5.32 Å². The SMILES string of the molecule is Cc1cc(C)cc(OCC(=O)NC2(C(=O)O)CC2C(=O)O)c1. The average molecular weight is 307 g/mol. The van der Waals surface area contributed by atoms with Crippen LogP contribution < -0.4 is 10.1 Å². The number of carboxylic acid groups (broad SMARTS) is 2. The van der Waals surface area contributed by atoms with Crippen molar-refractivity contribution in [1.29, 1.82) is 0 Å². The molecule has 1 aliphatic rings. The number of hydrogen-bond donors (Lipinski definition) is 3. The highest BCUT2D eigenvalue weighted by atomic mass is 16.5. The van der Waals surface area contributed by atoms with Gasteiger partial charge in [-0.25, -0.2) is 4.79 Å². The van der Waals surface area contributed by atoms with Gasteiger partial charge in [0, 0.05) is 0 Å². The summed E-state index contributed by atoms with van der Waals surface area (Å²) < 4.78 is 5.33. The largest absolute Gasteiger partial charge is 0.484 e. The molecule has 1 fully saturated rings. The molecule has 2 unspecified atom stereocenters. The van der Waals surface area contributed by atoms with Crippen LogP contribution >= 0.6 is 0 Å². The monoisotopic (exact) mass is 307 g/mol. The molecule has 7 nitrogen and oxygen atoms in total. The Hall–Kier alpha value is -2.57. The fraction of sp³-hybridized carbons (Fsp3) is 0.400. The number of carboxylic acids is 2. The van der Waals surface area contributed by atoms with Gasteiger partial charge in [-0.15, -0.1) is 0 Å². The number of ether oxygens (including phenoxy) is 1. The Morgan fingerprint density at radius 3 is 2.27 bits per heavy atom. The minimum absolute atomic E-state index is 0.118. The Morgan fingerprint density at radius 2 is 1.82 bits per heavy atom. The maximum absolute atomic E-state index is 11.8. The number of hydrogen-bond acceptors (Lipinski definition) is 4. The molecule has 2 rings (SSSR count). The Balaban J connectivity index is 1.96. The van der Waals surface area contributed by atoms with Gasteiger partial charge in [0.15, 0.2) is 12.1 Å². The van der Waals surface area contributed by atoms with E-state index in [1.54, 1.807) is 12.1 Å². The molecular formula is C15H17NO6. The van der Waals surface area contributed by atoms with Crippen LogP contribution in [0.25, 0.3) is 0 Å². The Kier molecular flexibility index (Phi) is 4.07. The first kappa shape index (κ1) is 15.8. The third-order valence-electron chi connectivity index (χ3n) is 3.57. The van der Waals surface area contributed by atoms with Crippen molar-refractivity contribution in [3.8, 4) is 5.75 Å². The minimum Gasteiger partial charge on any atom is -0.484 e. The van der Waals surface area contributed by atoms with Gasteiger partial charge in [0.25, 0.3) is 5.91 Å². The topological polar surface area (TPSA) is 113 Å². The third-order valence-corrected chi connectivity index (χ3v) is 3.57. The zero-order valence-corrected chi connectivity index (χ0v) is 12.3. The van der Waals surface area contributed by atoms with E-state index in [1.165, 1.54) is 0 Å². The molecule has 0 aromatic heterocycles.